The third kappa shape index (κ3) is 4.49. The molecule has 0 spiro atoms. The van der Waals surface area contributed by atoms with E-state index in [1.165, 1.54) is 0 Å². The van der Waals surface area contributed by atoms with Crippen LogP contribution in [0, 0.1) is 5.92 Å². The summed E-state index contributed by atoms with van der Waals surface area (Å²) in [5.74, 6) is -0.310. The molecule has 1 fully saturated rings. The Morgan fingerprint density at radius 3 is 2.57 bits per heavy atom. The van der Waals surface area contributed by atoms with Gasteiger partial charge < -0.3 is 5.11 Å². The highest BCUT2D eigenvalue weighted by Gasteiger charge is 2.33. The number of hydrogen-bond donors (Lipinski definition) is 2. The molecule has 0 amide bonds. The highest BCUT2D eigenvalue weighted by molar-refractivity contribution is 7.09. The van der Waals surface area contributed by atoms with Crippen molar-refractivity contribution in [1.29, 1.82) is 0 Å². The molecular weight excluding hydrogens is 286 g/mol. The van der Waals surface area contributed by atoms with Crippen LogP contribution in [0.4, 0.5) is 0 Å². The lowest BCUT2D eigenvalue weighted by Crippen LogP contribution is -2.51. The molecule has 6 heteroatoms. The molecule has 0 unspecified atom stereocenters. The van der Waals surface area contributed by atoms with E-state index >= 15 is 0 Å². The Hall–Kier alpha value is -0.980. The van der Waals surface area contributed by atoms with Crippen LogP contribution in [0.5, 0.6) is 0 Å². The molecule has 1 aliphatic carbocycles. The first-order valence-electron chi connectivity index (χ1n) is 7.58. The minimum absolute atomic E-state index is 0.0467. The highest BCUT2D eigenvalue weighted by atomic mass is 32.1. The average molecular weight is 311 g/mol. The second kappa shape index (κ2) is 6.85. The van der Waals surface area contributed by atoms with Crippen LogP contribution in [-0.4, -0.2) is 33.2 Å². The summed E-state index contributed by atoms with van der Waals surface area (Å²) in [5.41, 5.74) is 4.22. The molecule has 1 aliphatic rings. The van der Waals surface area contributed by atoms with Crippen LogP contribution in [0.15, 0.2) is 5.38 Å². The number of nitrogens with one attached hydrogen (secondary N) is 1. The monoisotopic (exact) mass is 311 g/mol. The van der Waals surface area contributed by atoms with Gasteiger partial charge in [-0.3, -0.25) is 4.79 Å². The van der Waals surface area contributed by atoms with Crippen LogP contribution in [0.2, 0.25) is 0 Å². The Morgan fingerprint density at radius 2 is 2.14 bits per heavy atom. The number of carboxylic acid groups (broad SMARTS) is 1. The van der Waals surface area contributed by atoms with Crippen molar-refractivity contribution in [3.8, 4) is 0 Å². The molecule has 1 heterocycles. The van der Waals surface area contributed by atoms with E-state index in [1.807, 2.05) is 13.8 Å². The molecule has 0 radical (unpaired) electrons. The molecule has 5 nitrogen and oxygen atoms in total. The summed E-state index contributed by atoms with van der Waals surface area (Å²) in [6.45, 7) is 8.80. The van der Waals surface area contributed by atoms with Gasteiger partial charge in [0.2, 0.25) is 0 Å². The molecule has 1 aromatic rings. The quantitative estimate of drug-likeness (QED) is 0.723. The Bertz CT molecular complexity index is 483. The minimum Gasteiger partial charge on any atom is -0.480 e. The van der Waals surface area contributed by atoms with E-state index < -0.39 is 12.0 Å². The van der Waals surface area contributed by atoms with Crippen LogP contribution in [-0.2, 0) is 11.3 Å². The van der Waals surface area contributed by atoms with Crippen molar-refractivity contribution in [1.82, 2.24) is 15.4 Å². The predicted molar refractivity (Wildman–Crippen MR) is 84.2 cm³/mol. The minimum atomic E-state index is -0.795. The maximum Gasteiger partial charge on any atom is 0.322 e. The number of hydrogen-bond acceptors (Lipinski definition) is 5. The average Bonchev–Trinajstić information content (AvgIpc) is 3.12. The molecule has 2 rings (SSSR count). The molecule has 2 N–H and O–H groups in total. The van der Waals surface area contributed by atoms with Gasteiger partial charge in [0, 0.05) is 17.3 Å². The second-order valence-electron chi connectivity index (χ2n) is 6.38. The number of carboxylic acids is 1. The first-order valence-corrected chi connectivity index (χ1v) is 8.46. The Morgan fingerprint density at radius 1 is 1.48 bits per heavy atom. The summed E-state index contributed by atoms with van der Waals surface area (Å²) in [6.07, 6.45) is 2.25. The molecule has 0 bridgehead atoms. The van der Waals surface area contributed by atoms with E-state index in [-0.39, 0.29) is 5.92 Å². The largest absolute Gasteiger partial charge is 0.480 e. The molecular formula is C15H25N3O2S. The molecule has 0 saturated heterocycles. The fourth-order valence-corrected chi connectivity index (χ4v) is 3.00. The lowest BCUT2D eigenvalue weighted by Gasteiger charge is -2.28. The third-order valence-corrected chi connectivity index (χ3v) is 4.82. The number of hydrazine groups is 1. The van der Waals surface area contributed by atoms with Gasteiger partial charge >= 0.3 is 5.97 Å². The van der Waals surface area contributed by atoms with Crippen molar-refractivity contribution in [3.05, 3.63) is 16.1 Å². The molecule has 1 atom stereocenters. The smallest absolute Gasteiger partial charge is 0.322 e. The zero-order chi connectivity index (χ0) is 15.6. The maximum absolute atomic E-state index is 11.4. The number of aliphatic carboxylic acids is 1. The van der Waals surface area contributed by atoms with Gasteiger partial charge in [0.1, 0.15) is 6.04 Å². The van der Waals surface area contributed by atoms with E-state index in [0.717, 1.165) is 23.5 Å². The van der Waals surface area contributed by atoms with Gasteiger partial charge in [0.15, 0.2) is 0 Å². The van der Waals surface area contributed by atoms with E-state index in [1.54, 1.807) is 11.3 Å². The highest BCUT2D eigenvalue weighted by Crippen LogP contribution is 2.28. The summed E-state index contributed by atoms with van der Waals surface area (Å²) >= 11 is 1.68. The van der Waals surface area contributed by atoms with Crippen molar-refractivity contribution in [2.75, 3.05) is 0 Å². The van der Waals surface area contributed by atoms with Gasteiger partial charge in [-0.25, -0.2) is 15.4 Å². The van der Waals surface area contributed by atoms with Crippen molar-refractivity contribution in [2.45, 2.75) is 65.1 Å². The maximum atomic E-state index is 11.4. The van der Waals surface area contributed by atoms with E-state index in [2.05, 4.69) is 34.6 Å². The van der Waals surface area contributed by atoms with Crippen molar-refractivity contribution in [3.63, 3.8) is 0 Å². The first kappa shape index (κ1) is 16.4. The van der Waals surface area contributed by atoms with Crippen LogP contribution >= 0.6 is 11.3 Å². The third-order valence-electron chi connectivity index (χ3n) is 3.62. The summed E-state index contributed by atoms with van der Waals surface area (Å²) in [5, 5.41) is 14.6. The van der Waals surface area contributed by atoms with Crippen molar-refractivity contribution in [2.24, 2.45) is 5.92 Å². The summed E-state index contributed by atoms with van der Waals surface area (Å²) in [7, 11) is 0. The fraction of sp³-hybridized carbons (Fsp3) is 0.733. The number of nitrogens with zero attached hydrogens (tertiary/aromatic N) is 2. The lowest BCUT2D eigenvalue weighted by atomic mass is 10.1. The van der Waals surface area contributed by atoms with Crippen LogP contribution < -0.4 is 5.43 Å². The molecule has 0 aliphatic heterocycles. The van der Waals surface area contributed by atoms with Gasteiger partial charge in [-0.15, -0.1) is 11.3 Å². The standard InChI is InChI=1S/C15H25N3O2S/c1-9(2)13(15(19)20)17-18(12-5-6-12)7-11-8-21-14(16-11)10(3)4/h8-10,12-13,17H,5-7H2,1-4H3,(H,19,20)/t13-/m0/s1. The molecule has 1 aromatic heterocycles. The lowest BCUT2D eigenvalue weighted by molar-refractivity contribution is -0.142. The van der Waals surface area contributed by atoms with E-state index in [0.29, 0.717) is 18.5 Å². The SMILES string of the molecule is CC(C)c1nc(CN(N[C@H](C(=O)O)C(C)C)C2CC2)cs1. The normalized spacial score (nSPS) is 16.9. The van der Waals surface area contributed by atoms with Crippen molar-refractivity contribution >= 4 is 17.3 Å². The van der Waals surface area contributed by atoms with Crippen LogP contribution in [0.3, 0.4) is 0 Å². The molecule has 1 saturated carbocycles. The zero-order valence-electron chi connectivity index (χ0n) is 13.2. The van der Waals surface area contributed by atoms with Crippen LogP contribution in [0.1, 0.15) is 57.2 Å². The Kier molecular flexibility index (Phi) is 5.35. The summed E-state index contributed by atoms with van der Waals surface area (Å²) in [6, 6.07) is -0.108. The molecule has 21 heavy (non-hydrogen) atoms. The van der Waals surface area contributed by atoms with E-state index in [9.17, 15) is 9.90 Å². The van der Waals surface area contributed by atoms with Gasteiger partial charge in [-0.2, -0.15) is 0 Å². The second-order valence-corrected chi connectivity index (χ2v) is 7.27. The number of thiazole rings is 1. The zero-order valence-corrected chi connectivity index (χ0v) is 14.0. The predicted octanol–water partition coefficient (Wildman–Crippen LogP) is 2.84. The topological polar surface area (TPSA) is 65.5 Å². The molecule has 0 aromatic carbocycles. The van der Waals surface area contributed by atoms with Gasteiger partial charge in [0.05, 0.1) is 17.2 Å². The van der Waals surface area contributed by atoms with Crippen LogP contribution in [0.25, 0.3) is 0 Å². The number of aromatic nitrogens is 1. The molecule has 118 valence electrons. The Labute approximate surface area is 130 Å². The number of carbonyl (C=O) groups is 1. The number of rotatable bonds is 8. The van der Waals surface area contributed by atoms with E-state index in [4.69, 9.17) is 0 Å². The summed E-state index contributed by atoms with van der Waals surface area (Å²) < 4.78 is 0. The van der Waals surface area contributed by atoms with Gasteiger partial charge in [0.25, 0.3) is 0 Å². The van der Waals surface area contributed by atoms with Gasteiger partial charge in [-0.05, 0) is 18.8 Å². The Balaban J connectivity index is 2.03. The summed E-state index contributed by atoms with van der Waals surface area (Å²) in [4.78, 5) is 16.0. The van der Waals surface area contributed by atoms with Gasteiger partial charge in [-0.1, -0.05) is 27.7 Å². The first-order chi connectivity index (χ1) is 9.88. The van der Waals surface area contributed by atoms with Crippen molar-refractivity contribution < 1.29 is 9.90 Å². The fourth-order valence-electron chi connectivity index (χ4n) is 2.17.